The maximum absolute atomic E-state index is 12.6. The van der Waals surface area contributed by atoms with Crippen molar-refractivity contribution in [1.82, 2.24) is 10.3 Å². The van der Waals surface area contributed by atoms with Crippen LogP contribution in [0.2, 0.25) is 0 Å². The minimum Gasteiger partial charge on any atom is -0.371 e. The van der Waals surface area contributed by atoms with Crippen LogP contribution < -0.4 is 5.32 Å². The van der Waals surface area contributed by atoms with Crippen LogP contribution in [0.15, 0.2) is 36.0 Å². The van der Waals surface area contributed by atoms with E-state index in [1.165, 1.54) is 10.4 Å². The van der Waals surface area contributed by atoms with Gasteiger partial charge in [0.25, 0.3) is 0 Å². The molecule has 4 nitrogen and oxygen atoms in total. The molecule has 1 aliphatic carbocycles. The van der Waals surface area contributed by atoms with Crippen LogP contribution in [-0.4, -0.2) is 23.5 Å². The van der Waals surface area contributed by atoms with Crippen LogP contribution in [0.3, 0.4) is 0 Å². The van der Waals surface area contributed by atoms with Crippen molar-refractivity contribution in [2.75, 3.05) is 6.61 Å². The third kappa shape index (κ3) is 2.91. The molecule has 120 valence electrons. The lowest BCUT2D eigenvalue weighted by atomic mass is 10.0. The van der Waals surface area contributed by atoms with Crippen molar-refractivity contribution in [2.45, 2.75) is 37.8 Å². The quantitative estimate of drug-likeness (QED) is 0.938. The predicted octanol–water partition coefficient (Wildman–Crippen LogP) is 3.20. The average Bonchev–Trinajstić information content (AvgIpc) is 3.03. The highest BCUT2D eigenvalue weighted by atomic mass is 32.1. The fraction of sp³-hybridized carbons (Fsp3) is 0.444. The first-order valence-corrected chi connectivity index (χ1v) is 8.98. The Labute approximate surface area is 139 Å². The van der Waals surface area contributed by atoms with E-state index in [1.54, 1.807) is 17.5 Å². The molecule has 3 heterocycles. The van der Waals surface area contributed by atoms with Gasteiger partial charge in [-0.1, -0.05) is 6.07 Å². The van der Waals surface area contributed by atoms with Gasteiger partial charge in [0, 0.05) is 41.3 Å². The van der Waals surface area contributed by atoms with E-state index >= 15 is 0 Å². The fourth-order valence-electron chi connectivity index (χ4n) is 3.44. The molecule has 1 saturated carbocycles. The molecule has 1 aliphatic heterocycles. The van der Waals surface area contributed by atoms with Gasteiger partial charge in [-0.05, 0) is 42.8 Å². The Morgan fingerprint density at radius 3 is 3.09 bits per heavy atom. The summed E-state index contributed by atoms with van der Waals surface area (Å²) >= 11 is 1.77. The molecule has 1 amide bonds. The number of carbonyl (C=O) groups is 1. The zero-order valence-electron chi connectivity index (χ0n) is 13.1. The molecule has 0 aromatic carbocycles. The normalized spacial score (nSPS) is 29.4. The van der Waals surface area contributed by atoms with E-state index in [0.717, 1.165) is 18.4 Å². The number of rotatable bonds is 4. The highest BCUT2D eigenvalue weighted by Crippen LogP contribution is 2.50. The van der Waals surface area contributed by atoms with Gasteiger partial charge >= 0.3 is 0 Å². The second-order valence-corrected chi connectivity index (χ2v) is 7.35. The number of aromatic nitrogens is 1. The summed E-state index contributed by atoms with van der Waals surface area (Å²) in [6.07, 6.45) is 5.33. The van der Waals surface area contributed by atoms with E-state index in [9.17, 15) is 4.79 Å². The van der Waals surface area contributed by atoms with E-state index in [4.69, 9.17) is 4.74 Å². The first kappa shape index (κ1) is 14.8. The Hall–Kier alpha value is -1.72. The number of hydrogen-bond acceptors (Lipinski definition) is 4. The number of aryl methyl sites for hydroxylation is 1. The van der Waals surface area contributed by atoms with Crippen LogP contribution in [0.4, 0.5) is 0 Å². The fourth-order valence-corrected chi connectivity index (χ4v) is 4.55. The second-order valence-electron chi connectivity index (χ2n) is 6.40. The van der Waals surface area contributed by atoms with Gasteiger partial charge in [0.2, 0.25) is 5.91 Å². The molecule has 0 bridgehead atoms. The van der Waals surface area contributed by atoms with Crippen molar-refractivity contribution >= 4 is 17.2 Å². The van der Waals surface area contributed by atoms with Crippen molar-refractivity contribution in [3.63, 3.8) is 0 Å². The molecule has 2 aromatic rings. The van der Waals surface area contributed by atoms with E-state index < -0.39 is 0 Å². The lowest BCUT2D eigenvalue weighted by Crippen LogP contribution is -2.38. The van der Waals surface area contributed by atoms with Crippen molar-refractivity contribution in [3.05, 3.63) is 52.0 Å². The van der Waals surface area contributed by atoms with Crippen molar-refractivity contribution in [3.8, 4) is 0 Å². The molecule has 0 radical (unpaired) electrons. The Bertz CT molecular complexity index is 700. The molecule has 5 heteroatoms. The van der Waals surface area contributed by atoms with Crippen LogP contribution in [0, 0.1) is 12.8 Å². The molecular weight excluding hydrogens is 308 g/mol. The molecular formula is C18H20N2O2S. The van der Waals surface area contributed by atoms with Crippen LogP contribution in [0.1, 0.15) is 40.9 Å². The Kier molecular flexibility index (Phi) is 3.91. The summed E-state index contributed by atoms with van der Waals surface area (Å²) in [5.74, 6) is 0.712. The number of hydrogen-bond donors (Lipinski definition) is 1. The van der Waals surface area contributed by atoms with Gasteiger partial charge in [-0.15, -0.1) is 11.3 Å². The third-order valence-corrected chi connectivity index (χ3v) is 5.95. The summed E-state index contributed by atoms with van der Waals surface area (Å²) in [6.45, 7) is 2.81. The molecule has 23 heavy (non-hydrogen) atoms. The first-order chi connectivity index (χ1) is 11.2. The average molecular weight is 328 g/mol. The highest BCUT2D eigenvalue weighted by Gasteiger charge is 2.46. The monoisotopic (exact) mass is 328 g/mol. The number of pyridine rings is 1. The molecule has 2 aromatic heterocycles. The topological polar surface area (TPSA) is 51.2 Å². The van der Waals surface area contributed by atoms with Gasteiger partial charge in [0.1, 0.15) is 6.10 Å². The molecule has 1 N–H and O–H groups in total. The number of thiophene rings is 1. The zero-order chi connectivity index (χ0) is 15.8. The van der Waals surface area contributed by atoms with E-state index in [2.05, 4.69) is 28.7 Å². The Balaban J connectivity index is 1.40. The van der Waals surface area contributed by atoms with Crippen LogP contribution in [0.25, 0.3) is 0 Å². The predicted molar refractivity (Wildman–Crippen MR) is 89.4 cm³/mol. The van der Waals surface area contributed by atoms with E-state index in [0.29, 0.717) is 12.5 Å². The van der Waals surface area contributed by atoms with Crippen LogP contribution in [-0.2, 0) is 9.53 Å². The van der Waals surface area contributed by atoms with Gasteiger partial charge in [-0.25, -0.2) is 0 Å². The summed E-state index contributed by atoms with van der Waals surface area (Å²) < 4.78 is 5.82. The molecule has 4 rings (SSSR count). The number of nitrogens with one attached hydrogen (secondary N) is 1. The van der Waals surface area contributed by atoms with E-state index in [1.807, 2.05) is 18.3 Å². The largest absolute Gasteiger partial charge is 0.371 e. The maximum Gasteiger partial charge on any atom is 0.224 e. The smallest absolute Gasteiger partial charge is 0.224 e. The maximum atomic E-state index is 12.6. The van der Waals surface area contributed by atoms with Crippen LogP contribution in [0.5, 0.6) is 0 Å². The molecule has 4 atom stereocenters. The van der Waals surface area contributed by atoms with Gasteiger partial charge in [0.05, 0.1) is 6.04 Å². The van der Waals surface area contributed by atoms with Crippen molar-refractivity contribution in [1.29, 1.82) is 0 Å². The zero-order valence-corrected chi connectivity index (χ0v) is 13.9. The minimum absolute atomic E-state index is 0.0531. The van der Waals surface area contributed by atoms with Gasteiger partial charge in [0.15, 0.2) is 0 Å². The molecule has 0 spiro atoms. The molecule has 2 aliphatic rings. The lowest BCUT2D eigenvalue weighted by molar-refractivity contribution is -0.123. The van der Waals surface area contributed by atoms with Gasteiger partial charge in [-0.3, -0.25) is 9.78 Å². The molecule has 1 saturated heterocycles. The Morgan fingerprint density at radius 2 is 2.35 bits per heavy atom. The van der Waals surface area contributed by atoms with Gasteiger partial charge in [-0.2, -0.15) is 0 Å². The Morgan fingerprint density at radius 1 is 1.43 bits per heavy atom. The SMILES string of the molecule is Cc1ccsc1[C@@H]1C[C@@H]1C(=O)N[C@H]1CCO[C@@H]1c1cccnc1. The third-order valence-electron chi connectivity index (χ3n) is 4.80. The van der Waals surface area contributed by atoms with Crippen LogP contribution >= 0.6 is 11.3 Å². The minimum atomic E-state index is -0.0756. The first-order valence-electron chi connectivity index (χ1n) is 8.10. The number of ether oxygens (including phenoxy) is 1. The highest BCUT2D eigenvalue weighted by molar-refractivity contribution is 7.10. The summed E-state index contributed by atoms with van der Waals surface area (Å²) in [6, 6.07) is 6.11. The summed E-state index contributed by atoms with van der Waals surface area (Å²) in [4.78, 5) is 18.1. The van der Waals surface area contributed by atoms with Gasteiger partial charge < -0.3 is 10.1 Å². The standard InChI is InChI=1S/C18H20N2O2S/c1-11-5-8-23-17(11)13-9-14(13)18(21)20-15-4-7-22-16(15)12-3-2-6-19-10-12/h2-3,5-6,8,10,13-16H,4,7,9H2,1H3,(H,20,21)/t13-,14+,15+,16-/m1/s1. The van der Waals surface area contributed by atoms with Crippen molar-refractivity contribution in [2.24, 2.45) is 5.92 Å². The summed E-state index contributed by atoms with van der Waals surface area (Å²) in [7, 11) is 0. The number of amides is 1. The lowest BCUT2D eigenvalue weighted by Gasteiger charge is -2.20. The molecule has 0 unspecified atom stereocenters. The summed E-state index contributed by atoms with van der Waals surface area (Å²) in [5, 5.41) is 5.33. The molecule has 2 fully saturated rings. The number of nitrogens with zero attached hydrogens (tertiary/aromatic N) is 1. The summed E-state index contributed by atoms with van der Waals surface area (Å²) in [5.41, 5.74) is 2.35. The second kappa shape index (κ2) is 6.06. The van der Waals surface area contributed by atoms with E-state index in [-0.39, 0.29) is 24.0 Å². The van der Waals surface area contributed by atoms with Crippen molar-refractivity contribution < 1.29 is 9.53 Å². The number of carbonyl (C=O) groups excluding carboxylic acids is 1.